The predicted molar refractivity (Wildman–Crippen MR) is 82.9 cm³/mol. The van der Waals surface area contributed by atoms with Crippen LogP contribution in [0.2, 0.25) is 0 Å². The molecule has 0 amide bonds. The van der Waals surface area contributed by atoms with Gasteiger partial charge in [0.1, 0.15) is 5.82 Å². The normalized spacial score (nSPS) is 17.4. The lowest BCUT2D eigenvalue weighted by molar-refractivity contribution is 0.215. The molecule has 0 bridgehead atoms. The molecule has 1 saturated heterocycles. The summed E-state index contributed by atoms with van der Waals surface area (Å²) in [5.74, 6) is 1.74. The zero-order valence-electron chi connectivity index (χ0n) is 12.0. The lowest BCUT2D eigenvalue weighted by Crippen LogP contribution is -2.30. The van der Waals surface area contributed by atoms with Crippen LogP contribution in [-0.4, -0.2) is 41.5 Å². The molecule has 2 aromatic rings. The van der Waals surface area contributed by atoms with Gasteiger partial charge in [0.2, 0.25) is 0 Å². The Labute approximate surface area is 120 Å². The maximum atomic E-state index is 4.59. The number of fused-ring (bicyclic) bond motifs is 1. The fraction of sp³-hybridized carbons (Fsp3) is 0.500. The number of benzene rings is 1. The van der Waals surface area contributed by atoms with Gasteiger partial charge >= 0.3 is 0 Å². The Hall–Kier alpha value is -1.68. The average Bonchev–Trinajstić information content (AvgIpc) is 2.49. The highest BCUT2D eigenvalue weighted by molar-refractivity contribution is 5.75. The van der Waals surface area contributed by atoms with Crippen molar-refractivity contribution in [1.29, 1.82) is 0 Å². The average molecular weight is 270 g/mol. The molecule has 2 heterocycles. The molecule has 4 heteroatoms. The van der Waals surface area contributed by atoms with E-state index in [2.05, 4.69) is 27.2 Å². The van der Waals surface area contributed by atoms with Crippen molar-refractivity contribution >= 4 is 16.9 Å². The first-order valence-electron chi connectivity index (χ1n) is 7.45. The summed E-state index contributed by atoms with van der Waals surface area (Å²) >= 11 is 0. The molecule has 20 heavy (non-hydrogen) atoms. The standard InChI is InChI=1S/C16H22N4/c1-20-10-7-13(8-11-20)6-9-17-16-12-18-14-4-2-3-5-15(14)19-16/h2-5,12-13H,6-11H2,1H3,(H,17,19). The number of aromatic nitrogens is 2. The predicted octanol–water partition coefficient (Wildman–Crippen LogP) is 2.77. The highest BCUT2D eigenvalue weighted by atomic mass is 15.1. The maximum absolute atomic E-state index is 4.59. The van der Waals surface area contributed by atoms with Gasteiger partial charge in [-0.15, -0.1) is 0 Å². The molecular formula is C16H22N4. The Kier molecular flexibility index (Phi) is 4.11. The number of nitrogens with one attached hydrogen (secondary N) is 1. The number of para-hydroxylation sites is 2. The number of nitrogens with zero attached hydrogens (tertiary/aromatic N) is 3. The quantitative estimate of drug-likeness (QED) is 0.927. The van der Waals surface area contributed by atoms with Crippen LogP contribution in [0.25, 0.3) is 11.0 Å². The summed E-state index contributed by atoms with van der Waals surface area (Å²) in [6, 6.07) is 7.98. The van der Waals surface area contributed by atoms with Crippen LogP contribution < -0.4 is 5.32 Å². The first-order chi connectivity index (χ1) is 9.81. The minimum absolute atomic E-state index is 0.854. The van der Waals surface area contributed by atoms with Crippen LogP contribution in [0.5, 0.6) is 0 Å². The molecule has 1 aliphatic rings. The molecule has 1 aliphatic heterocycles. The van der Waals surface area contributed by atoms with E-state index in [4.69, 9.17) is 0 Å². The Morgan fingerprint density at radius 2 is 1.95 bits per heavy atom. The van der Waals surface area contributed by atoms with Crippen LogP contribution in [0.3, 0.4) is 0 Å². The lowest BCUT2D eigenvalue weighted by atomic mass is 9.94. The maximum Gasteiger partial charge on any atom is 0.145 e. The molecule has 1 aromatic carbocycles. The van der Waals surface area contributed by atoms with E-state index in [1.165, 1.54) is 32.4 Å². The smallest absolute Gasteiger partial charge is 0.145 e. The first kappa shape index (κ1) is 13.3. The van der Waals surface area contributed by atoms with Gasteiger partial charge in [0.15, 0.2) is 0 Å². The summed E-state index contributed by atoms with van der Waals surface area (Å²) in [6.07, 6.45) is 5.70. The third-order valence-corrected chi connectivity index (χ3v) is 4.15. The summed E-state index contributed by atoms with van der Waals surface area (Å²) in [7, 11) is 2.21. The van der Waals surface area contributed by atoms with Crippen molar-refractivity contribution < 1.29 is 0 Å². The van der Waals surface area contributed by atoms with Gasteiger partial charge in [-0.05, 0) is 57.5 Å². The van der Waals surface area contributed by atoms with Crippen LogP contribution in [0.15, 0.2) is 30.5 Å². The number of rotatable bonds is 4. The fourth-order valence-corrected chi connectivity index (χ4v) is 2.80. The van der Waals surface area contributed by atoms with Crippen molar-refractivity contribution in [2.75, 3.05) is 32.0 Å². The molecule has 0 saturated carbocycles. The summed E-state index contributed by atoms with van der Waals surface area (Å²) in [6.45, 7) is 3.46. The molecule has 4 nitrogen and oxygen atoms in total. The minimum atomic E-state index is 0.854. The number of hydrogen-bond acceptors (Lipinski definition) is 4. The Morgan fingerprint density at radius 1 is 1.20 bits per heavy atom. The van der Waals surface area contributed by atoms with Crippen molar-refractivity contribution in [3.05, 3.63) is 30.5 Å². The fourth-order valence-electron chi connectivity index (χ4n) is 2.80. The highest BCUT2D eigenvalue weighted by Crippen LogP contribution is 2.19. The largest absolute Gasteiger partial charge is 0.369 e. The van der Waals surface area contributed by atoms with E-state index in [-0.39, 0.29) is 0 Å². The SMILES string of the molecule is CN1CCC(CCNc2cnc3ccccc3n2)CC1. The molecule has 1 N–H and O–H groups in total. The Balaban J connectivity index is 1.52. The van der Waals surface area contributed by atoms with Crippen molar-refractivity contribution in [3.63, 3.8) is 0 Å². The van der Waals surface area contributed by atoms with Gasteiger partial charge < -0.3 is 10.2 Å². The molecule has 1 aromatic heterocycles. The van der Waals surface area contributed by atoms with Crippen molar-refractivity contribution in [1.82, 2.24) is 14.9 Å². The number of anilines is 1. The van der Waals surface area contributed by atoms with Crippen LogP contribution in [0, 0.1) is 5.92 Å². The van der Waals surface area contributed by atoms with E-state index in [9.17, 15) is 0 Å². The molecular weight excluding hydrogens is 248 g/mol. The minimum Gasteiger partial charge on any atom is -0.369 e. The number of piperidine rings is 1. The third kappa shape index (κ3) is 3.25. The van der Waals surface area contributed by atoms with E-state index in [1.807, 2.05) is 30.5 Å². The number of hydrogen-bond donors (Lipinski definition) is 1. The third-order valence-electron chi connectivity index (χ3n) is 4.15. The zero-order valence-corrected chi connectivity index (χ0v) is 12.0. The molecule has 0 radical (unpaired) electrons. The highest BCUT2D eigenvalue weighted by Gasteiger charge is 2.15. The van der Waals surface area contributed by atoms with Crippen molar-refractivity contribution in [2.45, 2.75) is 19.3 Å². The van der Waals surface area contributed by atoms with E-state index >= 15 is 0 Å². The molecule has 0 aliphatic carbocycles. The second-order valence-electron chi connectivity index (χ2n) is 5.71. The van der Waals surface area contributed by atoms with Crippen LogP contribution in [-0.2, 0) is 0 Å². The van der Waals surface area contributed by atoms with E-state index < -0.39 is 0 Å². The molecule has 106 valence electrons. The first-order valence-corrected chi connectivity index (χ1v) is 7.45. The van der Waals surface area contributed by atoms with Crippen LogP contribution in [0.1, 0.15) is 19.3 Å². The molecule has 3 rings (SSSR count). The van der Waals surface area contributed by atoms with Gasteiger partial charge in [0.05, 0.1) is 17.2 Å². The summed E-state index contributed by atoms with van der Waals surface area (Å²) in [5, 5.41) is 3.41. The summed E-state index contributed by atoms with van der Waals surface area (Å²) in [5.41, 5.74) is 1.91. The molecule has 0 atom stereocenters. The van der Waals surface area contributed by atoms with Gasteiger partial charge in [-0.2, -0.15) is 0 Å². The van der Waals surface area contributed by atoms with Crippen LogP contribution >= 0.6 is 0 Å². The van der Waals surface area contributed by atoms with Crippen molar-refractivity contribution in [3.8, 4) is 0 Å². The summed E-state index contributed by atoms with van der Waals surface area (Å²) in [4.78, 5) is 11.4. The summed E-state index contributed by atoms with van der Waals surface area (Å²) < 4.78 is 0. The van der Waals surface area contributed by atoms with E-state index in [0.29, 0.717) is 0 Å². The van der Waals surface area contributed by atoms with Gasteiger partial charge in [0.25, 0.3) is 0 Å². The van der Waals surface area contributed by atoms with Crippen molar-refractivity contribution in [2.24, 2.45) is 5.92 Å². The molecule has 1 fully saturated rings. The van der Waals surface area contributed by atoms with Crippen LogP contribution in [0.4, 0.5) is 5.82 Å². The Morgan fingerprint density at radius 3 is 2.75 bits per heavy atom. The number of likely N-dealkylation sites (tertiary alicyclic amines) is 1. The second-order valence-corrected chi connectivity index (χ2v) is 5.71. The van der Waals surface area contributed by atoms with Gasteiger partial charge in [-0.25, -0.2) is 4.98 Å². The second kappa shape index (κ2) is 6.18. The lowest BCUT2D eigenvalue weighted by Gasteiger charge is -2.28. The monoisotopic (exact) mass is 270 g/mol. The van der Waals surface area contributed by atoms with Gasteiger partial charge in [-0.1, -0.05) is 12.1 Å². The van der Waals surface area contributed by atoms with E-state index in [0.717, 1.165) is 29.3 Å². The molecule has 0 unspecified atom stereocenters. The zero-order chi connectivity index (χ0) is 13.8. The Bertz CT molecular complexity index is 561. The van der Waals surface area contributed by atoms with Gasteiger partial charge in [0, 0.05) is 6.54 Å². The molecule has 0 spiro atoms. The van der Waals surface area contributed by atoms with E-state index in [1.54, 1.807) is 0 Å². The van der Waals surface area contributed by atoms with Gasteiger partial charge in [-0.3, -0.25) is 4.98 Å². The topological polar surface area (TPSA) is 41.0 Å².